The van der Waals surface area contributed by atoms with Crippen molar-refractivity contribution in [3.05, 3.63) is 34.3 Å². The lowest BCUT2D eigenvalue weighted by molar-refractivity contribution is -0.0617. The van der Waals surface area contributed by atoms with Gasteiger partial charge in [0.05, 0.1) is 6.61 Å². The Morgan fingerprint density at radius 3 is 2.50 bits per heavy atom. The van der Waals surface area contributed by atoms with Crippen molar-refractivity contribution in [3.8, 4) is 0 Å². The third-order valence-electron chi connectivity index (χ3n) is 2.92. The predicted molar refractivity (Wildman–Crippen MR) is 60.1 cm³/mol. The summed E-state index contributed by atoms with van der Waals surface area (Å²) in [6, 6.07) is 8.31. The molecule has 1 aromatic rings. The topological polar surface area (TPSA) is 12.5 Å². The molecule has 0 radical (unpaired) electrons. The molecule has 1 unspecified atom stereocenters. The van der Waals surface area contributed by atoms with Crippen LogP contribution in [0.2, 0.25) is 0 Å². The zero-order valence-electron chi connectivity index (χ0n) is 8.46. The average Bonchev–Trinajstić information content (AvgIpc) is 2.49. The van der Waals surface area contributed by atoms with Crippen molar-refractivity contribution in [2.24, 2.45) is 0 Å². The van der Waals surface area contributed by atoms with Crippen molar-refractivity contribution < 1.29 is 4.74 Å². The van der Waals surface area contributed by atoms with E-state index in [9.17, 15) is 0 Å². The average molecular weight is 256 g/mol. The molecule has 1 heterocycles. The van der Waals surface area contributed by atoms with Crippen LogP contribution in [0.3, 0.4) is 0 Å². The van der Waals surface area contributed by atoms with Gasteiger partial charge < -0.3 is 4.74 Å². The molecule has 76 valence electrons. The number of benzene rings is 1. The van der Waals surface area contributed by atoms with Gasteiger partial charge in [0.1, 0.15) is 5.72 Å². The molecule has 2 rings (SSSR count). The Hall–Kier alpha value is -0.380. The quantitative estimate of drug-likeness (QED) is 0.765. The van der Waals surface area contributed by atoms with Gasteiger partial charge in [-0.1, -0.05) is 28.1 Å². The fourth-order valence-corrected chi connectivity index (χ4v) is 2.03. The van der Waals surface area contributed by atoms with Crippen molar-refractivity contribution in [1.82, 2.24) is 4.90 Å². The molecule has 1 aliphatic rings. The van der Waals surface area contributed by atoms with E-state index < -0.39 is 0 Å². The van der Waals surface area contributed by atoms with Gasteiger partial charge in [-0.2, -0.15) is 0 Å². The molecular weight excluding hydrogens is 242 g/mol. The third-order valence-corrected chi connectivity index (χ3v) is 3.45. The molecule has 0 aliphatic carbocycles. The minimum Gasteiger partial charge on any atom is -0.355 e. The molecule has 3 heteroatoms. The zero-order valence-corrected chi connectivity index (χ0v) is 10.0. The van der Waals surface area contributed by atoms with Crippen molar-refractivity contribution in [2.45, 2.75) is 12.6 Å². The van der Waals surface area contributed by atoms with Gasteiger partial charge in [-0.15, -0.1) is 0 Å². The van der Waals surface area contributed by atoms with Crippen LogP contribution in [0.4, 0.5) is 0 Å². The molecule has 1 atom stereocenters. The normalized spacial score (nSPS) is 28.2. The van der Waals surface area contributed by atoms with E-state index >= 15 is 0 Å². The lowest BCUT2D eigenvalue weighted by Gasteiger charge is -2.31. The molecule has 1 aromatic carbocycles. The SMILES string of the molecule is CN1CCOC1(C)c1ccc(Br)cc1. The molecule has 0 spiro atoms. The Morgan fingerprint density at radius 1 is 1.36 bits per heavy atom. The number of hydrogen-bond acceptors (Lipinski definition) is 2. The van der Waals surface area contributed by atoms with Crippen LogP contribution < -0.4 is 0 Å². The maximum Gasteiger partial charge on any atom is 0.144 e. The number of halogens is 1. The van der Waals surface area contributed by atoms with Crippen molar-refractivity contribution in [1.29, 1.82) is 0 Å². The van der Waals surface area contributed by atoms with Crippen LogP contribution in [-0.4, -0.2) is 25.1 Å². The summed E-state index contributed by atoms with van der Waals surface area (Å²) in [6.45, 7) is 3.92. The van der Waals surface area contributed by atoms with E-state index in [1.807, 2.05) is 0 Å². The second-order valence-electron chi connectivity index (χ2n) is 3.76. The summed E-state index contributed by atoms with van der Waals surface area (Å²) in [6.07, 6.45) is 0. The minimum absolute atomic E-state index is 0.249. The Kier molecular flexibility index (Phi) is 2.64. The van der Waals surface area contributed by atoms with Crippen molar-refractivity contribution in [2.75, 3.05) is 20.2 Å². The van der Waals surface area contributed by atoms with Gasteiger partial charge >= 0.3 is 0 Å². The van der Waals surface area contributed by atoms with Gasteiger partial charge in [-0.25, -0.2) is 0 Å². The summed E-state index contributed by atoms with van der Waals surface area (Å²) in [5.41, 5.74) is 0.960. The van der Waals surface area contributed by atoms with E-state index in [1.165, 1.54) is 5.56 Å². The molecule has 1 fully saturated rings. The van der Waals surface area contributed by atoms with Gasteiger partial charge in [-0.3, -0.25) is 4.90 Å². The lowest BCUT2D eigenvalue weighted by atomic mass is 10.0. The smallest absolute Gasteiger partial charge is 0.144 e. The molecule has 0 aromatic heterocycles. The summed E-state index contributed by atoms with van der Waals surface area (Å²) >= 11 is 3.43. The summed E-state index contributed by atoms with van der Waals surface area (Å²) < 4.78 is 6.89. The van der Waals surface area contributed by atoms with Crippen LogP contribution >= 0.6 is 15.9 Å². The molecule has 0 amide bonds. The summed E-state index contributed by atoms with van der Waals surface area (Å²) in [5.74, 6) is 0. The van der Waals surface area contributed by atoms with Gasteiger partial charge in [0, 0.05) is 11.0 Å². The van der Waals surface area contributed by atoms with E-state index in [1.54, 1.807) is 0 Å². The van der Waals surface area contributed by atoms with Gasteiger partial charge in [-0.05, 0) is 31.7 Å². The number of rotatable bonds is 1. The maximum absolute atomic E-state index is 5.79. The number of likely N-dealkylation sites (N-methyl/N-ethyl adjacent to an activating group) is 1. The van der Waals surface area contributed by atoms with Crippen LogP contribution in [0.25, 0.3) is 0 Å². The fourth-order valence-electron chi connectivity index (χ4n) is 1.77. The first-order valence-electron chi connectivity index (χ1n) is 4.74. The number of hydrogen-bond donors (Lipinski definition) is 0. The molecule has 1 aliphatic heterocycles. The van der Waals surface area contributed by atoms with Crippen LogP contribution in [0.5, 0.6) is 0 Å². The summed E-state index contributed by atoms with van der Waals surface area (Å²) in [5, 5.41) is 0. The molecule has 14 heavy (non-hydrogen) atoms. The van der Waals surface area contributed by atoms with Crippen LogP contribution in [-0.2, 0) is 10.5 Å². The van der Waals surface area contributed by atoms with E-state index in [2.05, 4.69) is 59.1 Å². The maximum atomic E-state index is 5.79. The fraction of sp³-hybridized carbons (Fsp3) is 0.455. The van der Waals surface area contributed by atoms with Crippen LogP contribution in [0.15, 0.2) is 28.7 Å². The number of ether oxygens (including phenoxy) is 1. The summed E-state index contributed by atoms with van der Waals surface area (Å²) in [7, 11) is 2.09. The van der Waals surface area contributed by atoms with Gasteiger partial charge in [0.2, 0.25) is 0 Å². The summed E-state index contributed by atoms with van der Waals surface area (Å²) in [4.78, 5) is 2.23. The van der Waals surface area contributed by atoms with E-state index in [4.69, 9.17) is 4.74 Å². The third kappa shape index (κ3) is 1.60. The molecular formula is C11H14BrNO. The van der Waals surface area contributed by atoms with Crippen molar-refractivity contribution in [3.63, 3.8) is 0 Å². The van der Waals surface area contributed by atoms with E-state index in [0.717, 1.165) is 17.6 Å². The first-order chi connectivity index (χ1) is 6.63. The molecule has 0 bridgehead atoms. The Balaban J connectivity index is 2.34. The molecule has 2 nitrogen and oxygen atoms in total. The molecule has 0 saturated carbocycles. The van der Waals surface area contributed by atoms with Gasteiger partial charge in [0.25, 0.3) is 0 Å². The van der Waals surface area contributed by atoms with Gasteiger partial charge in [0.15, 0.2) is 0 Å². The second kappa shape index (κ2) is 3.65. The first kappa shape index (κ1) is 10.1. The highest BCUT2D eigenvalue weighted by Crippen LogP contribution is 2.32. The van der Waals surface area contributed by atoms with E-state index in [0.29, 0.717) is 0 Å². The Labute approximate surface area is 93.0 Å². The predicted octanol–water partition coefficient (Wildman–Crippen LogP) is 2.58. The highest BCUT2D eigenvalue weighted by molar-refractivity contribution is 9.10. The molecule has 1 saturated heterocycles. The zero-order chi connectivity index (χ0) is 10.2. The second-order valence-corrected chi connectivity index (χ2v) is 4.68. The molecule has 0 N–H and O–H groups in total. The standard InChI is InChI=1S/C11H14BrNO/c1-11(13(2)7-8-14-11)9-3-5-10(12)6-4-9/h3-6H,7-8H2,1-2H3. The van der Waals surface area contributed by atoms with E-state index in [-0.39, 0.29) is 5.72 Å². The van der Waals surface area contributed by atoms with Crippen LogP contribution in [0.1, 0.15) is 12.5 Å². The Morgan fingerprint density at radius 2 is 2.00 bits per heavy atom. The number of nitrogens with zero attached hydrogens (tertiary/aromatic N) is 1. The van der Waals surface area contributed by atoms with Crippen LogP contribution in [0, 0.1) is 0 Å². The Bertz CT molecular complexity index is 325. The minimum atomic E-state index is -0.249. The first-order valence-corrected chi connectivity index (χ1v) is 5.53. The monoisotopic (exact) mass is 255 g/mol. The highest BCUT2D eigenvalue weighted by atomic mass is 79.9. The lowest BCUT2D eigenvalue weighted by Crippen LogP contribution is -2.36. The van der Waals surface area contributed by atoms with Crippen molar-refractivity contribution >= 4 is 15.9 Å². The highest BCUT2D eigenvalue weighted by Gasteiger charge is 2.36. The largest absolute Gasteiger partial charge is 0.355 e.